The van der Waals surface area contributed by atoms with Crippen molar-refractivity contribution in [2.45, 2.75) is 38.4 Å². The van der Waals surface area contributed by atoms with Crippen LogP contribution in [0.15, 0.2) is 12.2 Å². The van der Waals surface area contributed by atoms with Crippen LogP contribution in [0.25, 0.3) is 0 Å². The van der Waals surface area contributed by atoms with Crippen molar-refractivity contribution < 1.29 is 64.4 Å². The van der Waals surface area contributed by atoms with Crippen LogP contribution in [-0.4, -0.2) is 125 Å². The van der Waals surface area contributed by atoms with Gasteiger partial charge in [-0.3, -0.25) is 0 Å². The Hall–Kier alpha value is -0.571. The summed E-state index contributed by atoms with van der Waals surface area (Å²) < 4.78 is 78.3. The summed E-state index contributed by atoms with van der Waals surface area (Å²) in [4.78, 5) is 54.9. The van der Waals surface area contributed by atoms with Gasteiger partial charge in [-0.2, -0.15) is 0 Å². The molecular weight excluding hydrogens is 661 g/mol. The highest BCUT2D eigenvalue weighted by Crippen LogP contribution is 2.45. The van der Waals surface area contributed by atoms with E-state index in [0.717, 1.165) is 17.8 Å². The van der Waals surface area contributed by atoms with Crippen molar-refractivity contribution >= 4 is 81.8 Å². The van der Waals surface area contributed by atoms with Crippen molar-refractivity contribution in [2.75, 3.05) is 14.2 Å². The van der Waals surface area contributed by atoms with Crippen molar-refractivity contribution in [3.05, 3.63) is 12.2 Å². The summed E-state index contributed by atoms with van der Waals surface area (Å²) in [7, 11) is -24.2. The van der Waals surface area contributed by atoms with Crippen LogP contribution in [0.2, 0.25) is 19.1 Å². The highest BCUT2D eigenvalue weighted by atomic mass is 30.4. The van der Waals surface area contributed by atoms with Crippen LogP contribution in [-0.2, 0) is 35.6 Å². The Morgan fingerprint density at radius 2 is 1.16 bits per heavy atom. The van der Waals surface area contributed by atoms with Gasteiger partial charge in [0, 0.05) is 14.2 Å². The molecule has 37 heavy (non-hydrogen) atoms. The lowest BCUT2D eigenvalue weighted by atomic mass is 9.91. The predicted molar refractivity (Wildman–Crippen MR) is 143 cm³/mol. The smallest absolute Gasteiger partial charge is 0.483 e. The zero-order chi connectivity index (χ0) is 29.1. The van der Waals surface area contributed by atoms with Crippen LogP contribution >= 0.6 is 0 Å². The van der Waals surface area contributed by atoms with Gasteiger partial charge in [-0.05, 0) is 49.7 Å². The van der Waals surface area contributed by atoms with E-state index in [0.29, 0.717) is 0 Å². The third-order valence-corrected chi connectivity index (χ3v) is 103. The van der Waals surface area contributed by atoms with Crippen molar-refractivity contribution in [3.8, 4) is 0 Å². The molecule has 1 fully saturated rings. The Kier molecular flexibility index (Phi) is 16.3. The number of hydrogen-bond donors (Lipinski definition) is 6. The van der Waals surface area contributed by atoms with E-state index in [2.05, 4.69) is 25.2 Å². The molecule has 3 atom stereocenters. The zero-order valence-corrected chi connectivity index (χ0v) is 31.5. The molecule has 0 aromatic heterocycles. The minimum absolute atomic E-state index is 0.152. The predicted octanol–water partition coefficient (Wildman–Crippen LogP) is -4.75. The summed E-state index contributed by atoms with van der Waals surface area (Å²) in [5.74, 6) is 2.91. The van der Waals surface area contributed by atoms with Crippen LogP contribution in [0, 0.1) is 17.8 Å². The molecule has 0 aromatic carbocycles. The van der Waals surface area contributed by atoms with Gasteiger partial charge in [0.1, 0.15) is 0 Å². The average Bonchev–Trinajstić information content (AvgIpc) is 3.40. The zero-order valence-electron chi connectivity index (χ0n) is 20.9. The lowest BCUT2D eigenvalue weighted by molar-refractivity contribution is 0.407. The fourth-order valence-corrected chi connectivity index (χ4v) is 96.5. The first-order chi connectivity index (χ1) is 17.1. The van der Waals surface area contributed by atoms with E-state index >= 15 is 0 Å². The summed E-state index contributed by atoms with van der Waals surface area (Å²) in [6, 6.07) is 1.39. The maximum absolute atomic E-state index is 11.4. The Labute approximate surface area is 227 Å². The Bertz CT molecular complexity index is 793. The van der Waals surface area contributed by atoms with Crippen molar-refractivity contribution in [3.63, 3.8) is 0 Å². The molecule has 14 nitrogen and oxygen atoms in total. The average molecular weight is 695 g/mol. The second-order valence-electron chi connectivity index (χ2n) is 8.79. The summed E-state index contributed by atoms with van der Waals surface area (Å²) in [5, 5.41) is 0. The van der Waals surface area contributed by atoms with E-state index in [1.165, 1.54) is 25.3 Å². The third-order valence-electron chi connectivity index (χ3n) is 6.30. The highest BCUT2D eigenvalue weighted by molar-refractivity contribution is 8.14. The summed E-state index contributed by atoms with van der Waals surface area (Å²) in [6.07, 6.45) is -1.97. The number of allylic oxidation sites excluding steroid dienone is 2. The van der Waals surface area contributed by atoms with Gasteiger partial charge in [0.15, 0.2) is 18.8 Å². The lowest BCUT2D eigenvalue weighted by Gasteiger charge is -2.23. The third kappa shape index (κ3) is 8.46. The van der Waals surface area contributed by atoms with Crippen LogP contribution in [0.4, 0.5) is 0 Å². The maximum Gasteiger partial charge on any atom is 0.483 e. The van der Waals surface area contributed by atoms with E-state index in [-0.39, 0.29) is 9.76 Å². The standard InChI is InChI=1S/C10H18OSi.C3H10OSi.H6O12Si8/c1-11-12-5-4-10-7-8-2-3-9(10)6-8;1-4-5(2)3;1-13(2)19(14(3)4,15(5)6)20(16(7)8,17(9)10)18(11)12/h2-3,8-10H,4-7,12H2,1H3;5H,1-3H3;1,3,5,7,9,11H. The van der Waals surface area contributed by atoms with Crippen LogP contribution in [0.1, 0.15) is 19.3 Å². The Morgan fingerprint density at radius 3 is 1.38 bits per heavy atom. The molecule has 24 heteroatoms. The van der Waals surface area contributed by atoms with Gasteiger partial charge in [0.05, 0.1) is 0 Å². The summed E-state index contributed by atoms with van der Waals surface area (Å²) in [5.41, 5.74) is 0. The van der Waals surface area contributed by atoms with Crippen LogP contribution in [0.3, 0.4) is 0 Å². The van der Waals surface area contributed by atoms with Crippen LogP contribution < -0.4 is 0 Å². The molecular formula is C13H34O14Si10. The van der Waals surface area contributed by atoms with E-state index in [9.17, 15) is 26.8 Å². The number of hydrogen-bond acceptors (Lipinski definition) is 8. The molecule has 0 aromatic rings. The SMILES string of the molecule is CO[SiH2]CCC1CC2C=CC1C2.CO[SiH](C)C.O=[Si](O)[Si]([Si](=O)O)([Si](=O)O)[Si]([Si](=O)O)([Si](=O)O)[Si](=O)O. The normalized spacial score (nSPS) is 20.1. The first kappa shape index (κ1) is 36.4. The monoisotopic (exact) mass is 694 g/mol. The van der Waals surface area contributed by atoms with Crippen molar-refractivity contribution in [1.29, 1.82) is 0 Å². The van der Waals surface area contributed by atoms with E-state index < -0.39 is 72.0 Å². The lowest BCUT2D eigenvalue weighted by Crippen LogP contribution is -2.91. The maximum atomic E-state index is 11.4. The first-order valence-corrected chi connectivity index (χ1v) is 34.7. The van der Waals surface area contributed by atoms with Crippen molar-refractivity contribution in [1.82, 2.24) is 0 Å². The molecule has 210 valence electrons. The number of fused-ring (bicyclic) bond motifs is 2. The Balaban J connectivity index is 0.000000635. The summed E-state index contributed by atoms with van der Waals surface area (Å²) >= 11 is 0. The molecule has 3 unspecified atom stereocenters. The van der Waals surface area contributed by atoms with Gasteiger partial charge in [-0.1, -0.05) is 18.6 Å². The minimum Gasteiger partial charge on any atom is -0.542 e. The topological polar surface area (TPSA) is 242 Å². The molecule has 6 N–H and O–H groups in total. The van der Waals surface area contributed by atoms with Gasteiger partial charge >= 0.3 is 63.0 Å². The van der Waals surface area contributed by atoms with Crippen LogP contribution in [0.5, 0.6) is 0 Å². The highest BCUT2D eigenvalue weighted by Gasteiger charge is 2.91. The second-order valence-corrected chi connectivity index (χ2v) is 63.4. The molecule has 0 spiro atoms. The molecule has 1 saturated carbocycles. The molecule has 0 aliphatic heterocycles. The molecule has 0 saturated heterocycles. The first-order valence-electron chi connectivity index (χ1n) is 11.2. The molecule has 2 aliphatic rings. The van der Waals surface area contributed by atoms with Gasteiger partial charge in [-0.25, -0.2) is 0 Å². The second kappa shape index (κ2) is 16.5. The largest absolute Gasteiger partial charge is 0.542 e. The fraction of sp³-hybridized carbons (Fsp3) is 0.846. The fourth-order valence-electron chi connectivity index (χ4n) is 4.23. The molecule has 0 amide bonds. The van der Waals surface area contributed by atoms with E-state index in [4.69, 9.17) is 37.6 Å². The molecule has 0 heterocycles. The molecule has 2 rings (SSSR count). The summed E-state index contributed by atoms with van der Waals surface area (Å²) in [6.45, 7) is 4.28. The van der Waals surface area contributed by atoms with E-state index in [1.807, 2.05) is 7.11 Å². The van der Waals surface area contributed by atoms with E-state index in [1.54, 1.807) is 7.11 Å². The molecule has 2 bridgehead atoms. The van der Waals surface area contributed by atoms with Crippen molar-refractivity contribution in [2.24, 2.45) is 17.8 Å². The Morgan fingerprint density at radius 1 is 0.784 bits per heavy atom. The van der Waals surface area contributed by atoms with Gasteiger partial charge in [-0.15, -0.1) is 0 Å². The minimum atomic E-state index is -5.60. The molecule has 0 radical (unpaired) electrons. The van der Waals surface area contributed by atoms with Gasteiger partial charge < -0.3 is 64.4 Å². The number of rotatable bonds is 12. The quantitative estimate of drug-likeness (QED) is 0.0639. The molecule has 2 aliphatic carbocycles. The van der Waals surface area contributed by atoms with Gasteiger partial charge in [0.25, 0.3) is 0 Å². The van der Waals surface area contributed by atoms with Gasteiger partial charge in [0.2, 0.25) is 0 Å².